The van der Waals surface area contributed by atoms with Crippen molar-refractivity contribution in [2.24, 2.45) is 0 Å². The summed E-state index contributed by atoms with van der Waals surface area (Å²) in [6, 6.07) is 17.7. The Labute approximate surface area is 232 Å². The summed E-state index contributed by atoms with van der Waals surface area (Å²) in [5.74, 6) is -1.81. The summed E-state index contributed by atoms with van der Waals surface area (Å²) in [6.45, 7) is 0.179. The van der Waals surface area contributed by atoms with Gasteiger partial charge in [0, 0.05) is 47.4 Å². The molecule has 0 bridgehead atoms. The second-order valence-corrected chi connectivity index (χ2v) is 9.46. The van der Waals surface area contributed by atoms with Crippen molar-refractivity contribution in [3.05, 3.63) is 107 Å². The van der Waals surface area contributed by atoms with Crippen LogP contribution in [0.5, 0.6) is 0 Å². The van der Waals surface area contributed by atoms with Gasteiger partial charge in [0.1, 0.15) is 11.5 Å². The second kappa shape index (κ2) is 12.3. The molecule has 0 unspecified atom stereocenters. The maximum Gasteiger partial charge on any atom is 0.416 e. The summed E-state index contributed by atoms with van der Waals surface area (Å²) in [6.07, 6.45) is -3.21. The van der Waals surface area contributed by atoms with Gasteiger partial charge in [0.15, 0.2) is 5.78 Å². The van der Waals surface area contributed by atoms with Crippen LogP contribution in [0, 0.1) is 5.82 Å². The van der Waals surface area contributed by atoms with Crippen LogP contribution in [0.3, 0.4) is 0 Å². The fourth-order valence-electron chi connectivity index (χ4n) is 4.11. The molecule has 0 saturated heterocycles. The van der Waals surface area contributed by atoms with Gasteiger partial charge >= 0.3 is 12.1 Å². The number of pyridine rings is 1. The van der Waals surface area contributed by atoms with Crippen molar-refractivity contribution in [3.63, 3.8) is 0 Å². The lowest BCUT2D eigenvalue weighted by atomic mass is 9.97. The minimum absolute atomic E-state index is 0.000819. The van der Waals surface area contributed by atoms with E-state index in [0.29, 0.717) is 38.5 Å². The highest BCUT2D eigenvalue weighted by Crippen LogP contribution is 2.34. The Kier molecular flexibility index (Phi) is 8.84. The molecule has 5 nitrogen and oxygen atoms in total. The third kappa shape index (κ3) is 7.24. The third-order valence-corrected chi connectivity index (χ3v) is 6.44. The number of carboxylic acid groups (broad SMARTS) is 1. The topological polar surface area (TPSA) is 79.3 Å². The highest BCUT2D eigenvalue weighted by molar-refractivity contribution is 6.30. The van der Waals surface area contributed by atoms with Crippen molar-refractivity contribution in [3.8, 4) is 22.3 Å². The summed E-state index contributed by atoms with van der Waals surface area (Å²) in [5.41, 5.74) is 2.22. The number of anilines is 1. The summed E-state index contributed by atoms with van der Waals surface area (Å²) in [7, 11) is 0. The monoisotopic (exact) mass is 570 g/mol. The number of hydrogen-bond donors (Lipinski definition) is 2. The summed E-state index contributed by atoms with van der Waals surface area (Å²) in [5, 5.41) is 12.2. The van der Waals surface area contributed by atoms with Gasteiger partial charge in [0.25, 0.3) is 0 Å². The number of carbonyl (C=O) groups is 2. The zero-order valence-electron chi connectivity index (χ0n) is 20.9. The number of nitrogens with zero attached hydrogens (tertiary/aromatic N) is 1. The smallest absolute Gasteiger partial charge is 0.416 e. The average molecular weight is 571 g/mol. The van der Waals surface area contributed by atoms with Crippen LogP contribution in [0.15, 0.2) is 79.0 Å². The molecule has 0 spiro atoms. The maximum atomic E-state index is 14.3. The van der Waals surface area contributed by atoms with E-state index in [1.807, 2.05) is 0 Å². The molecule has 10 heteroatoms. The molecule has 1 aromatic heterocycles. The number of alkyl halides is 3. The largest absolute Gasteiger partial charge is 0.481 e. The van der Waals surface area contributed by atoms with Gasteiger partial charge in [0.2, 0.25) is 0 Å². The first kappa shape index (κ1) is 28.8. The molecule has 206 valence electrons. The van der Waals surface area contributed by atoms with Crippen LogP contribution in [0.1, 0.15) is 40.9 Å². The first-order chi connectivity index (χ1) is 19.0. The average Bonchev–Trinajstić information content (AvgIpc) is 2.91. The summed E-state index contributed by atoms with van der Waals surface area (Å²) < 4.78 is 54.7. The Hall–Kier alpha value is -4.24. The van der Waals surface area contributed by atoms with Crippen molar-refractivity contribution in [1.29, 1.82) is 0 Å². The molecule has 4 aromatic rings. The van der Waals surface area contributed by atoms with Crippen molar-refractivity contribution in [2.75, 3.05) is 5.32 Å². The summed E-state index contributed by atoms with van der Waals surface area (Å²) in [4.78, 5) is 27.1. The van der Waals surface area contributed by atoms with Gasteiger partial charge in [0.05, 0.1) is 5.56 Å². The number of benzene rings is 3. The van der Waals surface area contributed by atoms with Crippen LogP contribution in [0.2, 0.25) is 5.02 Å². The molecule has 0 saturated carbocycles. The molecule has 3 aromatic carbocycles. The SMILES string of the molecule is O=C(O)CCCC(=O)c1ccc(-c2cc(C(F)(F)F)ccc2CNc2ccc(-c3ccc(Cl)cc3F)cc2)cn1. The van der Waals surface area contributed by atoms with Crippen molar-refractivity contribution >= 4 is 29.0 Å². The molecule has 1 heterocycles. The molecular weight excluding hydrogens is 548 g/mol. The number of rotatable bonds is 10. The zero-order chi connectivity index (χ0) is 28.9. The van der Waals surface area contributed by atoms with E-state index in [9.17, 15) is 27.2 Å². The number of ketones is 1. The Balaban J connectivity index is 1.54. The second-order valence-electron chi connectivity index (χ2n) is 9.03. The number of halogens is 5. The molecule has 2 N–H and O–H groups in total. The van der Waals surface area contributed by atoms with Crippen LogP contribution in [0.25, 0.3) is 22.3 Å². The molecule has 40 heavy (non-hydrogen) atoms. The molecule has 0 aliphatic heterocycles. The van der Waals surface area contributed by atoms with E-state index >= 15 is 0 Å². The van der Waals surface area contributed by atoms with Crippen molar-refractivity contribution < 1.29 is 32.3 Å². The normalized spacial score (nSPS) is 11.3. The van der Waals surface area contributed by atoms with E-state index in [2.05, 4.69) is 10.3 Å². The first-order valence-corrected chi connectivity index (χ1v) is 12.6. The molecule has 0 amide bonds. The van der Waals surface area contributed by atoms with Gasteiger partial charge in [-0.3, -0.25) is 14.6 Å². The van der Waals surface area contributed by atoms with Crippen LogP contribution < -0.4 is 5.32 Å². The number of aromatic nitrogens is 1. The van der Waals surface area contributed by atoms with E-state index in [1.54, 1.807) is 36.4 Å². The van der Waals surface area contributed by atoms with Crippen LogP contribution in [0.4, 0.5) is 23.2 Å². The van der Waals surface area contributed by atoms with E-state index in [-0.39, 0.29) is 37.3 Å². The van der Waals surface area contributed by atoms with Crippen LogP contribution >= 0.6 is 11.6 Å². The van der Waals surface area contributed by atoms with Gasteiger partial charge in [-0.15, -0.1) is 0 Å². The van der Waals surface area contributed by atoms with Gasteiger partial charge in [-0.25, -0.2) is 4.39 Å². The predicted molar refractivity (Wildman–Crippen MR) is 145 cm³/mol. The van der Waals surface area contributed by atoms with E-state index < -0.39 is 23.5 Å². The molecule has 0 atom stereocenters. The maximum absolute atomic E-state index is 14.3. The number of hydrogen-bond acceptors (Lipinski definition) is 4. The predicted octanol–water partition coefficient (Wildman–Crippen LogP) is 8.28. The molecule has 4 rings (SSSR count). The van der Waals surface area contributed by atoms with Crippen LogP contribution in [-0.2, 0) is 17.5 Å². The highest BCUT2D eigenvalue weighted by atomic mass is 35.5. The fourth-order valence-corrected chi connectivity index (χ4v) is 4.27. The van der Waals surface area contributed by atoms with Crippen LogP contribution in [-0.4, -0.2) is 21.8 Å². The minimum atomic E-state index is -4.55. The number of aliphatic carboxylic acids is 1. The van der Waals surface area contributed by atoms with Gasteiger partial charge < -0.3 is 10.4 Å². The Bertz CT molecular complexity index is 1520. The van der Waals surface area contributed by atoms with Gasteiger partial charge in [-0.05, 0) is 71.6 Å². The highest BCUT2D eigenvalue weighted by Gasteiger charge is 2.31. The summed E-state index contributed by atoms with van der Waals surface area (Å²) >= 11 is 5.82. The standard InChI is InChI=1S/C30H23ClF4N2O3/c31-22-9-12-24(26(32)15-22)18-5-10-23(11-6-18)36-16-19-4-8-21(30(33,34)35)14-25(19)20-7-13-27(37-17-20)28(38)2-1-3-29(39)40/h4-15,17,36H,1-3,16H2,(H,39,40). The molecule has 0 radical (unpaired) electrons. The third-order valence-electron chi connectivity index (χ3n) is 6.20. The quantitative estimate of drug-likeness (QED) is 0.148. The van der Waals surface area contributed by atoms with Crippen molar-refractivity contribution in [1.82, 2.24) is 4.98 Å². The Morgan fingerprint density at radius 3 is 2.23 bits per heavy atom. The van der Waals surface area contributed by atoms with E-state index in [0.717, 1.165) is 12.1 Å². The lowest BCUT2D eigenvalue weighted by Gasteiger charge is -2.15. The molecule has 0 aliphatic rings. The van der Waals surface area contributed by atoms with Gasteiger partial charge in [-0.2, -0.15) is 13.2 Å². The minimum Gasteiger partial charge on any atom is -0.481 e. The van der Waals surface area contributed by atoms with Crippen molar-refractivity contribution in [2.45, 2.75) is 32.0 Å². The lowest BCUT2D eigenvalue weighted by molar-refractivity contribution is -0.138. The zero-order valence-corrected chi connectivity index (χ0v) is 21.7. The van der Waals surface area contributed by atoms with Gasteiger partial charge in [-0.1, -0.05) is 35.9 Å². The first-order valence-electron chi connectivity index (χ1n) is 12.2. The molecular formula is C30H23ClF4N2O3. The number of carbonyl (C=O) groups excluding carboxylic acids is 1. The fraction of sp³-hybridized carbons (Fsp3) is 0.167. The molecule has 0 aliphatic carbocycles. The Morgan fingerprint density at radius 2 is 1.60 bits per heavy atom. The lowest BCUT2D eigenvalue weighted by Crippen LogP contribution is -2.08. The number of Topliss-reactive ketones (excluding diaryl/α,β-unsaturated/α-hetero) is 1. The molecule has 0 fully saturated rings. The number of nitrogens with one attached hydrogen (secondary N) is 1. The van der Waals surface area contributed by atoms with E-state index in [1.165, 1.54) is 30.5 Å². The van der Waals surface area contributed by atoms with E-state index in [4.69, 9.17) is 16.7 Å². The number of carboxylic acids is 1. The Morgan fingerprint density at radius 1 is 0.875 bits per heavy atom.